The molecule has 12 heteroatoms. The van der Waals surface area contributed by atoms with Gasteiger partial charge in [0.2, 0.25) is 6.29 Å². The van der Waals surface area contributed by atoms with Crippen LogP contribution in [0.3, 0.4) is 0 Å². The summed E-state index contributed by atoms with van der Waals surface area (Å²) in [6.45, 7) is 4.90. The second kappa shape index (κ2) is 12.9. The number of rotatable bonds is 8. The topological polar surface area (TPSA) is 188 Å². The summed E-state index contributed by atoms with van der Waals surface area (Å²) in [5.74, 6) is -0.792. The number of ether oxygens (including phenoxy) is 4. The van der Waals surface area contributed by atoms with Gasteiger partial charge in [-0.25, -0.2) is 9.59 Å². The van der Waals surface area contributed by atoms with Crippen molar-refractivity contribution in [3.8, 4) is 28.4 Å². The van der Waals surface area contributed by atoms with Crippen molar-refractivity contribution in [3.05, 3.63) is 99.9 Å². The maximum Gasteiger partial charge on any atom is 0.404 e. The summed E-state index contributed by atoms with van der Waals surface area (Å²) in [4.78, 5) is 38.3. The second-order valence-corrected chi connectivity index (χ2v) is 12.4. The molecular formula is C37H35NO11. The molecule has 0 aliphatic carbocycles. The average molecular weight is 670 g/mol. The molecule has 5 N–H and O–H groups in total. The van der Waals surface area contributed by atoms with Gasteiger partial charge in [-0.3, -0.25) is 4.79 Å². The molecule has 1 amide bonds. The molecule has 1 saturated heterocycles. The zero-order valence-corrected chi connectivity index (χ0v) is 27.1. The van der Waals surface area contributed by atoms with Crippen molar-refractivity contribution in [2.24, 2.45) is 5.73 Å². The number of aliphatic hydroxyl groups excluding tert-OH is 1. The molecule has 1 aromatic heterocycles. The normalized spacial score (nSPS) is 20.3. The lowest BCUT2D eigenvalue weighted by molar-refractivity contribution is -0.304. The summed E-state index contributed by atoms with van der Waals surface area (Å²) >= 11 is 0. The molecule has 1 aliphatic rings. The molecule has 49 heavy (non-hydrogen) atoms. The van der Waals surface area contributed by atoms with Gasteiger partial charge in [0.05, 0.1) is 16.6 Å². The highest BCUT2D eigenvalue weighted by molar-refractivity contribution is 6.03. The number of Topliss-reactive ketones (excluding diaryl/α,β-unsaturated/α-hetero) is 1. The second-order valence-electron chi connectivity index (χ2n) is 12.4. The van der Waals surface area contributed by atoms with Crippen LogP contribution >= 0.6 is 0 Å². The van der Waals surface area contributed by atoms with E-state index in [4.69, 9.17) is 29.1 Å². The lowest BCUT2D eigenvalue weighted by atomic mass is 9.89. The Morgan fingerprint density at radius 2 is 1.69 bits per heavy atom. The first kappa shape index (κ1) is 33.5. The predicted octanol–water partition coefficient (Wildman–Crippen LogP) is 5.11. The summed E-state index contributed by atoms with van der Waals surface area (Å²) in [6.07, 6.45) is -6.57. The summed E-state index contributed by atoms with van der Waals surface area (Å²) in [5.41, 5.74) is 4.64. The van der Waals surface area contributed by atoms with E-state index in [-0.39, 0.29) is 39.2 Å². The third-order valence-electron chi connectivity index (χ3n) is 8.84. The molecule has 254 valence electrons. The van der Waals surface area contributed by atoms with E-state index in [2.05, 4.69) is 0 Å². The van der Waals surface area contributed by atoms with Crippen LogP contribution in [0.15, 0.2) is 82.0 Å². The number of methoxy groups -OCH3 is 1. The highest BCUT2D eigenvalue weighted by Gasteiger charge is 2.53. The van der Waals surface area contributed by atoms with Gasteiger partial charge in [-0.05, 0) is 67.4 Å². The molecule has 12 nitrogen and oxygen atoms in total. The van der Waals surface area contributed by atoms with Crippen molar-refractivity contribution < 1.29 is 48.3 Å². The molecule has 1 aliphatic heterocycles. The van der Waals surface area contributed by atoms with Gasteiger partial charge in [-0.15, -0.1) is 0 Å². The highest BCUT2D eigenvalue weighted by atomic mass is 16.7. The quantitative estimate of drug-likeness (QED) is 0.127. The van der Waals surface area contributed by atoms with Crippen LogP contribution in [0.2, 0.25) is 0 Å². The first-order valence-electron chi connectivity index (χ1n) is 15.4. The number of aryl methyl sites for hydroxylation is 1. The lowest BCUT2D eigenvalue weighted by Crippen LogP contribution is -2.65. The Morgan fingerprint density at radius 3 is 2.43 bits per heavy atom. The predicted molar refractivity (Wildman–Crippen MR) is 179 cm³/mol. The SMILES string of the molecule is CO[C@@H]1[C@@H](OC(N)=O)[C@@H](O)[C@H](Oc2ccc3c(O)c(CC(=O)c4ccc(O)c(-c5cccc6ccccc56)c4)c(=O)oc3c2C)OC1(C)C. The van der Waals surface area contributed by atoms with Crippen LogP contribution in [0.25, 0.3) is 32.9 Å². The van der Waals surface area contributed by atoms with E-state index in [1.807, 2.05) is 42.5 Å². The van der Waals surface area contributed by atoms with Crippen molar-refractivity contribution in [2.75, 3.05) is 7.11 Å². The molecule has 0 bridgehead atoms. The number of hydrogen-bond donors (Lipinski definition) is 4. The van der Waals surface area contributed by atoms with Crippen molar-refractivity contribution >= 4 is 33.6 Å². The van der Waals surface area contributed by atoms with Crippen LogP contribution < -0.4 is 16.1 Å². The van der Waals surface area contributed by atoms with Crippen molar-refractivity contribution in [1.29, 1.82) is 0 Å². The zero-order valence-electron chi connectivity index (χ0n) is 27.1. The summed E-state index contributed by atoms with van der Waals surface area (Å²) in [6, 6.07) is 20.7. The minimum absolute atomic E-state index is 0.0108. The highest BCUT2D eigenvalue weighted by Crippen LogP contribution is 2.39. The number of hydrogen-bond acceptors (Lipinski definition) is 11. The first-order chi connectivity index (χ1) is 23.3. The number of carbonyl (C=O) groups excluding carboxylic acids is 2. The van der Waals surface area contributed by atoms with E-state index in [9.17, 15) is 29.7 Å². The fraction of sp³-hybridized carbons (Fsp3) is 0.270. The molecule has 2 heterocycles. The number of phenolic OH excluding ortho intramolecular Hbond substituents is 1. The molecule has 0 unspecified atom stereocenters. The Hall–Kier alpha value is -5.43. The van der Waals surface area contributed by atoms with Crippen molar-refractivity contribution in [1.82, 2.24) is 0 Å². The van der Waals surface area contributed by atoms with Crippen LogP contribution in [0.1, 0.15) is 35.3 Å². The molecule has 4 atom stereocenters. The number of ketones is 1. The van der Waals surface area contributed by atoms with Crippen LogP contribution in [0.5, 0.6) is 17.2 Å². The summed E-state index contributed by atoms with van der Waals surface area (Å²) in [5, 5.41) is 34.9. The van der Waals surface area contributed by atoms with Gasteiger partial charge in [0.25, 0.3) is 0 Å². The third-order valence-corrected chi connectivity index (χ3v) is 8.84. The smallest absolute Gasteiger partial charge is 0.404 e. The Kier molecular flexibility index (Phi) is 8.80. The number of primary amides is 1. The van der Waals surface area contributed by atoms with E-state index < -0.39 is 59.9 Å². The maximum absolute atomic E-state index is 13.5. The summed E-state index contributed by atoms with van der Waals surface area (Å²) < 4.78 is 28.1. The average Bonchev–Trinajstić information content (AvgIpc) is 3.06. The van der Waals surface area contributed by atoms with E-state index in [0.717, 1.165) is 16.3 Å². The van der Waals surface area contributed by atoms with Gasteiger partial charge in [-0.2, -0.15) is 0 Å². The molecular weight excluding hydrogens is 634 g/mol. The number of nitrogens with two attached hydrogens (primary N) is 1. The largest absolute Gasteiger partial charge is 0.507 e. The van der Waals surface area contributed by atoms with Crippen LogP contribution in [-0.2, 0) is 20.6 Å². The van der Waals surface area contributed by atoms with Crippen molar-refractivity contribution in [3.63, 3.8) is 0 Å². The number of fused-ring (bicyclic) bond motifs is 2. The fourth-order valence-corrected chi connectivity index (χ4v) is 6.40. The minimum Gasteiger partial charge on any atom is -0.507 e. The lowest BCUT2D eigenvalue weighted by Gasteiger charge is -2.47. The Balaban J connectivity index is 1.29. The standard InChI is InChI=1S/C37H35NO11/c1-18-28(46-35-30(42)32(48-36(38)44)33(45-4)37(2,3)49-35)15-13-23-29(41)25(34(43)47-31(18)23)17-27(40)20-12-14-26(39)24(16-20)22-11-7-9-19-8-5-6-10-21(19)22/h5-16,30,32-33,35,39,41-42H,17H2,1-4H3,(H2,38,44)/t30-,32+,33-,35-/m1/s1. The third kappa shape index (κ3) is 6.17. The van der Waals surface area contributed by atoms with Crippen molar-refractivity contribution in [2.45, 2.75) is 57.4 Å². The van der Waals surface area contributed by atoms with Crippen LogP contribution in [-0.4, -0.2) is 64.5 Å². The van der Waals surface area contributed by atoms with Crippen LogP contribution in [0.4, 0.5) is 4.79 Å². The van der Waals surface area contributed by atoms with Gasteiger partial charge in [-0.1, -0.05) is 42.5 Å². The van der Waals surface area contributed by atoms with E-state index in [1.165, 1.54) is 31.4 Å². The number of benzene rings is 4. The van der Waals surface area contributed by atoms with E-state index in [1.54, 1.807) is 26.8 Å². The number of phenols is 1. The van der Waals surface area contributed by atoms with E-state index in [0.29, 0.717) is 5.56 Å². The number of aromatic hydroxyl groups is 2. The van der Waals surface area contributed by atoms with Gasteiger partial charge in [0.15, 0.2) is 18.0 Å². The molecule has 6 rings (SSSR count). The minimum atomic E-state index is -1.52. The van der Waals surface area contributed by atoms with E-state index >= 15 is 0 Å². The molecule has 0 radical (unpaired) electrons. The van der Waals surface area contributed by atoms with Gasteiger partial charge in [0.1, 0.15) is 28.9 Å². The Morgan fingerprint density at radius 1 is 0.959 bits per heavy atom. The Bertz CT molecular complexity index is 2150. The molecule has 4 aromatic carbocycles. The molecule has 0 spiro atoms. The molecule has 5 aromatic rings. The van der Waals surface area contributed by atoms with Gasteiger partial charge in [0, 0.05) is 30.2 Å². The monoisotopic (exact) mass is 669 g/mol. The first-order valence-corrected chi connectivity index (χ1v) is 15.4. The van der Waals surface area contributed by atoms with Gasteiger partial charge < -0.3 is 44.4 Å². The maximum atomic E-state index is 13.5. The Labute approximate surface area is 280 Å². The zero-order chi connectivity index (χ0) is 35.2. The fourth-order valence-electron chi connectivity index (χ4n) is 6.40. The van der Waals surface area contributed by atoms with Crippen LogP contribution in [0, 0.1) is 6.92 Å². The number of aliphatic hydroxyl groups is 1. The number of carbonyl (C=O) groups is 2. The van der Waals surface area contributed by atoms with Gasteiger partial charge >= 0.3 is 11.7 Å². The molecule has 0 saturated carbocycles. The summed E-state index contributed by atoms with van der Waals surface area (Å²) in [7, 11) is 1.37. The number of amides is 1. The molecule has 1 fully saturated rings.